The predicted molar refractivity (Wildman–Crippen MR) is 117 cm³/mol. The standard InChI is InChI=1S/C22H24Cl2N4O/c23-17-12-19-20(13-18(17)24)27-21(26-19)14-25-22(29)8-11-28-9-6-16(7-10-28)15-4-2-1-3-5-15/h1-5,12-13,16H,6-11,14H2,(H,25,29)(H,26,27). The molecule has 1 aromatic heterocycles. The quantitative estimate of drug-likeness (QED) is 0.592. The number of hydrogen-bond acceptors (Lipinski definition) is 3. The fourth-order valence-electron chi connectivity index (χ4n) is 3.89. The number of carbonyl (C=O) groups is 1. The number of halogens is 2. The molecule has 5 nitrogen and oxygen atoms in total. The van der Waals surface area contributed by atoms with Crippen LogP contribution < -0.4 is 5.32 Å². The molecule has 1 aliphatic rings. The van der Waals surface area contributed by atoms with Gasteiger partial charge < -0.3 is 15.2 Å². The Kier molecular flexibility index (Phi) is 6.38. The minimum Gasteiger partial charge on any atom is -0.349 e. The molecular formula is C22H24Cl2N4O. The number of benzene rings is 2. The van der Waals surface area contributed by atoms with Gasteiger partial charge in [0.25, 0.3) is 0 Å². The van der Waals surface area contributed by atoms with Gasteiger partial charge in [0, 0.05) is 13.0 Å². The Hall–Kier alpha value is -2.08. The lowest BCUT2D eigenvalue weighted by Gasteiger charge is -2.32. The summed E-state index contributed by atoms with van der Waals surface area (Å²) in [4.78, 5) is 22.2. The zero-order valence-corrected chi connectivity index (χ0v) is 17.6. The van der Waals surface area contributed by atoms with Crippen molar-refractivity contribution in [3.05, 3.63) is 63.9 Å². The first kappa shape index (κ1) is 20.2. The van der Waals surface area contributed by atoms with Crippen molar-refractivity contribution < 1.29 is 4.79 Å². The van der Waals surface area contributed by atoms with E-state index < -0.39 is 0 Å². The Morgan fingerprint density at radius 3 is 2.62 bits per heavy atom. The smallest absolute Gasteiger partial charge is 0.221 e. The van der Waals surface area contributed by atoms with E-state index in [1.54, 1.807) is 12.1 Å². The second-order valence-corrected chi connectivity index (χ2v) is 8.33. The van der Waals surface area contributed by atoms with E-state index in [-0.39, 0.29) is 5.91 Å². The molecule has 1 amide bonds. The number of fused-ring (bicyclic) bond motifs is 1. The second-order valence-electron chi connectivity index (χ2n) is 7.52. The van der Waals surface area contributed by atoms with E-state index in [1.165, 1.54) is 5.56 Å². The van der Waals surface area contributed by atoms with Crippen LogP contribution in [0.3, 0.4) is 0 Å². The molecule has 1 fully saturated rings. The van der Waals surface area contributed by atoms with Crippen molar-refractivity contribution in [2.45, 2.75) is 31.7 Å². The summed E-state index contributed by atoms with van der Waals surface area (Å²) in [5, 5.41) is 3.89. The fourth-order valence-corrected chi connectivity index (χ4v) is 4.21. The van der Waals surface area contributed by atoms with Crippen molar-refractivity contribution in [3.8, 4) is 0 Å². The normalized spacial score (nSPS) is 15.7. The maximum Gasteiger partial charge on any atom is 0.221 e. The highest BCUT2D eigenvalue weighted by Crippen LogP contribution is 2.28. The van der Waals surface area contributed by atoms with Gasteiger partial charge >= 0.3 is 0 Å². The van der Waals surface area contributed by atoms with E-state index in [0.29, 0.717) is 34.8 Å². The molecule has 3 aromatic rings. The lowest BCUT2D eigenvalue weighted by Crippen LogP contribution is -2.36. The Morgan fingerprint density at radius 2 is 1.86 bits per heavy atom. The molecule has 1 aliphatic heterocycles. The molecule has 0 spiro atoms. The Labute approximate surface area is 180 Å². The average Bonchev–Trinajstić information content (AvgIpc) is 3.13. The summed E-state index contributed by atoms with van der Waals surface area (Å²) in [6.07, 6.45) is 2.79. The highest BCUT2D eigenvalue weighted by Gasteiger charge is 2.20. The van der Waals surface area contributed by atoms with Crippen LogP contribution in [-0.4, -0.2) is 40.4 Å². The van der Waals surface area contributed by atoms with Crippen molar-refractivity contribution in [2.75, 3.05) is 19.6 Å². The van der Waals surface area contributed by atoms with Crippen molar-refractivity contribution in [2.24, 2.45) is 0 Å². The molecular weight excluding hydrogens is 407 g/mol. The third-order valence-corrected chi connectivity index (χ3v) is 6.26. The number of likely N-dealkylation sites (tertiary alicyclic amines) is 1. The number of aromatic nitrogens is 2. The lowest BCUT2D eigenvalue weighted by atomic mass is 9.89. The van der Waals surface area contributed by atoms with Gasteiger partial charge in [-0.2, -0.15) is 0 Å². The Balaban J connectivity index is 1.21. The molecule has 0 unspecified atom stereocenters. The molecule has 0 radical (unpaired) electrons. The molecule has 0 aliphatic carbocycles. The van der Waals surface area contributed by atoms with Gasteiger partial charge in [0.1, 0.15) is 5.82 Å². The van der Waals surface area contributed by atoms with E-state index in [0.717, 1.165) is 43.5 Å². The highest BCUT2D eigenvalue weighted by molar-refractivity contribution is 6.42. The van der Waals surface area contributed by atoms with E-state index in [4.69, 9.17) is 23.2 Å². The van der Waals surface area contributed by atoms with Crippen molar-refractivity contribution >= 4 is 40.1 Å². The second kappa shape index (κ2) is 9.16. The largest absolute Gasteiger partial charge is 0.349 e. The zero-order chi connectivity index (χ0) is 20.2. The SMILES string of the molecule is O=C(CCN1CCC(c2ccccc2)CC1)NCc1nc2cc(Cl)c(Cl)cc2[nH]1. The van der Waals surface area contributed by atoms with Crippen LogP contribution in [0.15, 0.2) is 42.5 Å². The van der Waals surface area contributed by atoms with Gasteiger partial charge in [-0.3, -0.25) is 4.79 Å². The van der Waals surface area contributed by atoms with Gasteiger partial charge in [-0.25, -0.2) is 4.98 Å². The number of carbonyl (C=O) groups excluding carboxylic acids is 1. The summed E-state index contributed by atoms with van der Waals surface area (Å²) in [5.74, 6) is 1.36. The maximum absolute atomic E-state index is 12.2. The highest BCUT2D eigenvalue weighted by atomic mass is 35.5. The molecule has 7 heteroatoms. The van der Waals surface area contributed by atoms with E-state index >= 15 is 0 Å². The number of amides is 1. The number of H-pyrrole nitrogens is 1. The summed E-state index contributed by atoms with van der Waals surface area (Å²) >= 11 is 12.1. The number of piperidine rings is 1. The summed E-state index contributed by atoms with van der Waals surface area (Å²) in [6, 6.07) is 14.2. The zero-order valence-electron chi connectivity index (χ0n) is 16.1. The minimum atomic E-state index is 0.0340. The van der Waals surface area contributed by atoms with E-state index in [9.17, 15) is 4.79 Å². The van der Waals surface area contributed by atoms with Gasteiger partial charge in [0.05, 0.1) is 27.6 Å². The molecule has 1 saturated heterocycles. The Bertz CT molecular complexity index is 942. The fraction of sp³-hybridized carbons (Fsp3) is 0.364. The van der Waals surface area contributed by atoms with Crippen molar-refractivity contribution in [1.29, 1.82) is 0 Å². The molecule has 0 bridgehead atoms. The van der Waals surface area contributed by atoms with Gasteiger partial charge in [-0.15, -0.1) is 0 Å². The molecule has 4 rings (SSSR count). The first-order chi connectivity index (χ1) is 14.1. The molecule has 0 atom stereocenters. The lowest BCUT2D eigenvalue weighted by molar-refractivity contribution is -0.121. The molecule has 2 N–H and O–H groups in total. The number of rotatable bonds is 6. The predicted octanol–water partition coefficient (Wildman–Crippen LogP) is 4.76. The number of nitrogens with one attached hydrogen (secondary N) is 2. The number of aromatic amines is 1. The maximum atomic E-state index is 12.2. The third kappa shape index (κ3) is 5.10. The summed E-state index contributed by atoms with van der Waals surface area (Å²) < 4.78 is 0. The van der Waals surface area contributed by atoms with Crippen LogP contribution >= 0.6 is 23.2 Å². The summed E-state index contributed by atoms with van der Waals surface area (Å²) in [7, 11) is 0. The van der Waals surface area contributed by atoms with Crippen LogP contribution in [0.5, 0.6) is 0 Å². The van der Waals surface area contributed by atoms with Crippen LogP contribution in [0.2, 0.25) is 10.0 Å². The molecule has 0 saturated carbocycles. The minimum absolute atomic E-state index is 0.0340. The third-order valence-electron chi connectivity index (χ3n) is 5.54. The van der Waals surface area contributed by atoms with Crippen molar-refractivity contribution in [3.63, 3.8) is 0 Å². The van der Waals surface area contributed by atoms with Crippen LogP contribution in [0.4, 0.5) is 0 Å². The number of nitrogens with zero attached hydrogens (tertiary/aromatic N) is 2. The van der Waals surface area contributed by atoms with Gasteiger partial charge in [-0.1, -0.05) is 53.5 Å². The van der Waals surface area contributed by atoms with E-state index in [2.05, 4.69) is 50.5 Å². The topological polar surface area (TPSA) is 61.0 Å². The van der Waals surface area contributed by atoms with Crippen LogP contribution in [0, 0.1) is 0 Å². The number of imidazole rings is 1. The first-order valence-electron chi connectivity index (χ1n) is 9.96. The van der Waals surface area contributed by atoms with Gasteiger partial charge in [0.2, 0.25) is 5.91 Å². The van der Waals surface area contributed by atoms with Crippen LogP contribution in [0.25, 0.3) is 11.0 Å². The van der Waals surface area contributed by atoms with Crippen molar-refractivity contribution in [1.82, 2.24) is 20.2 Å². The molecule has 152 valence electrons. The number of hydrogen-bond donors (Lipinski definition) is 2. The summed E-state index contributed by atoms with van der Waals surface area (Å²) in [6.45, 7) is 3.23. The molecule has 2 heterocycles. The molecule has 29 heavy (non-hydrogen) atoms. The average molecular weight is 431 g/mol. The molecule has 2 aromatic carbocycles. The van der Waals surface area contributed by atoms with Crippen LogP contribution in [0.1, 0.15) is 36.6 Å². The first-order valence-corrected chi connectivity index (χ1v) is 10.7. The van der Waals surface area contributed by atoms with E-state index in [1.807, 2.05) is 0 Å². The van der Waals surface area contributed by atoms with Crippen LogP contribution in [-0.2, 0) is 11.3 Å². The monoisotopic (exact) mass is 430 g/mol. The summed E-state index contributed by atoms with van der Waals surface area (Å²) in [5.41, 5.74) is 2.98. The van der Waals surface area contributed by atoms with Gasteiger partial charge in [-0.05, 0) is 49.5 Å². The van der Waals surface area contributed by atoms with Gasteiger partial charge in [0.15, 0.2) is 0 Å². The Morgan fingerprint density at radius 1 is 1.14 bits per heavy atom.